The first kappa shape index (κ1) is 33.4. The number of cyclic esters (lactones) is 1. The summed E-state index contributed by atoms with van der Waals surface area (Å²) in [5, 5.41) is 55.4. The van der Waals surface area contributed by atoms with E-state index in [-0.39, 0.29) is 54.7 Å². The van der Waals surface area contributed by atoms with Crippen LogP contribution in [-0.4, -0.2) is 105 Å². The number of carbonyl (C=O) groups excluding carboxylic acids is 1. The van der Waals surface area contributed by atoms with Gasteiger partial charge in [-0.3, -0.25) is 0 Å². The van der Waals surface area contributed by atoms with Crippen molar-refractivity contribution in [3.8, 4) is 0 Å². The van der Waals surface area contributed by atoms with Gasteiger partial charge in [0.05, 0.1) is 42.2 Å². The molecule has 0 aromatic carbocycles. The van der Waals surface area contributed by atoms with Crippen LogP contribution in [0.1, 0.15) is 91.9 Å². The molecule has 0 amide bonds. The molecule has 0 spiro atoms. The number of esters is 1. The third-order valence-corrected chi connectivity index (χ3v) is 14.0. The van der Waals surface area contributed by atoms with E-state index in [1.54, 1.807) is 13.0 Å². The van der Waals surface area contributed by atoms with Gasteiger partial charge in [-0.2, -0.15) is 0 Å². The molecule has 11 nitrogen and oxygen atoms in total. The van der Waals surface area contributed by atoms with Crippen LogP contribution in [0.15, 0.2) is 11.6 Å². The van der Waals surface area contributed by atoms with Crippen molar-refractivity contribution in [3.05, 3.63) is 11.6 Å². The molecule has 7 rings (SSSR count). The minimum Gasteiger partial charge on any atom is -0.458 e. The molecule has 2 saturated heterocycles. The van der Waals surface area contributed by atoms with Crippen molar-refractivity contribution in [1.82, 2.24) is 0 Å². The Labute approximate surface area is 271 Å². The van der Waals surface area contributed by atoms with Gasteiger partial charge in [-0.25, -0.2) is 4.79 Å². The summed E-state index contributed by atoms with van der Waals surface area (Å²) in [6.07, 6.45) is 2.09. The van der Waals surface area contributed by atoms with Gasteiger partial charge in [0.25, 0.3) is 0 Å². The number of hydrogen-bond acceptors (Lipinski definition) is 11. The van der Waals surface area contributed by atoms with Gasteiger partial charge in [0.2, 0.25) is 0 Å². The lowest BCUT2D eigenvalue weighted by Gasteiger charge is -2.65. The van der Waals surface area contributed by atoms with E-state index in [1.807, 2.05) is 13.8 Å². The highest BCUT2D eigenvalue weighted by atomic mass is 16.7. The van der Waals surface area contributed by atoms with Gasteiger partial charge in [0.15, 0.2) is 12.6 Å². The Hall–Kier alpha value is -1.15. The van der Waals surface area contributed by atoms with Gasteiger partial charge in [-0.1, -0.05) is 13.8 Å². The van der Waals surface area contributed by atoms with Crippen molar-refractivity contribution in [3.63, 3.8) is 0 Å². The summed E-state index contributed by atoms with van der Waals surface area (Å²) in [6.45, 7) is 8.18. The lowest BCUT2D eigenvalue weighted by atomic mass is 9.42. The average molecular weight is 651 g/mol. The summed E-state index contributed by atoms with van der Waals surface area (Å²) in [4.78, 5) is 11.9. The molecule has 5 N–H and O–H groups in total. The maximum absolute atomic E-state index is 12.5. The molecule has 4 unspecified atom stereocenters. The smallest absolute Gasteiger partial charge is 0.331 e. The van der Waals surface area contributed by atoms with Crippen LogP contribution in [0, 0.1) is 34.5 Å². The van der Waals surface area contributed by atoms with Gasteiger partial charge in [-0.05, 0) is 99.9 Å². The first-order valence-electron chi connectivity index (χ1n) is 17.7. The average Bonchev–Trinajstić information content (AvgIpc) is 3.55. The second-order valence-corrected chi connectivity index (χ2v) is 16.1. The summed E-state index contributed by atoms with van der Waals surface area (Å²) >= 11 is 0. The lowest BCUT2D eigenvalue weighted by Crippen LogP contribution is -2.67. The zero-order chi connectivity index (χ0) is 32.8. The van der Waals surface area contributed by atoms with Crippen LogP contribution >= 0.6 is 0 Å². The SMILES string of the molecule is CC1O[C@@H](OC2C(C)O[C@@H](O[C@H]3CC[C@@]4(C)[C@H](CC[C@@H]5[C@@H]4C[C@@H](O)[C@]4(C)[C@@H](C6=CC(=O)OC6)CC[C@]54O)C3)C[C@H]2O)C[C@@H](O)C1O. The minimum absolute atomic E-state index is 0.0137. The molecule has 0 aromatic heterocycles. The predicted octanol–water partition coefficient (Wildman–Crippen LogP) is 2.34. The number of ether oxygens (including phenoxy) is 5. The molecule has 3 heterocycles. The van der Waals surface area contributed by atoms with Crippen LogP contribution in [0.5, 0.6) is 0 Å². The molecular formula is C35H54O11. The third-order valence-electron chi connectivity index (χ3n) is 14.0. The van der Waals surface area contributed by atoms with Crippen LogP contribution in [0.2, 0.25) is 0 Å². The molecular weight excluding hydrogens is 596 g/mol. The Morgan fingerprint density at radius 1 is 0.826 bits per heavy atom. The summed E-state index contributed by atoms with van der Waals surface area (Å²) in [6, 6.07) is 0. The summed E-state index contributed by atoms with van der Waals surface area (Å²) in [5.41, 5.74) is -0.819. The molecule has 260 valence electrons. The standard InChI is InChI=1S/C35H54O11/c1-17-31(40)25(36)14-30(43-17)46-32-18(2)44-29(15-26(32)37)45-21-7-9-33(3)20(12-21)5-6-23-24(33)13-27(38)34(4)22(8-10-35(23,34)41)19-11-28(39)42-16-19/h11,17-18,20-27,29-32,36-38,40-41H,5-10,12-16H2,1-4H3/t17?,18?,20-,21+,22-,23-,24+,25-,26-,27-,29+,30+,31?,32?,33+,34+,35+/m1/s1. The van der Waals surface area contributed by atoms with Crippen molar-refractivity contribution in [2.24, 2.45) is 34.5 Å². The van der Waals surface area contributed by atoms with E-state index >= 15 is 0 Å². The third kappa shape index (κ3) is 5.22. The molecule has 3 aliphatic heterocycles. The van der Waals surface area contributed by atoms with E-state index < -0.39 is 66.3 Å². The molecule has 11 heteroatoms. The second-order valence-electron chi connectivity index (χ2n) is 16.1. The van der Waals surface area contributed by atoms with Crippen molar-refractivity contribution in [1.29, 1.82) is 0 Å². The topological polar surface area (TPSA) is 164 Å². The summed E-state index contributed by atoms with van der Waals surface area (Å²) in [5.74, 6) is 0.294. The number of rotatable bonds is 5. The van der Waals surface area contributed by atoms with Crippen molar-refractivity contribution in [2.45, 2.75) is 159 Å². The van der Waals surface area contributed by atoms with E-state index in [4.69, 9.17) is 23.7 Å². The van der Waals surface area contributed by atoms with Crippen LogP contribution in [0.25, 0.3) is 0 Å². The molecule has 46 heavy (non-hydrogen) atoms. The molecule has 0 radical (unpaired) electrons. The maximum atomic E-state index is 12.5. The number of carbonyl (C=O) groups is 1. The Kier molecular flexibility index (Phi) is 8.71. The highest BCUT2D eigenvalue weighted by molar-refractivity contribution is 5.85. The first-order valence-corrected chi connectivity index (χ1v) is 17.7. The number of fused-ring (bicyclic) bond motifs is 5. The number of aliphatic hydroxyl groups is 5. The summed E-state index contributed by atoms with van der Waals surface area (Å²) < 4.78 is 29.7. The van der Waals surface area contributed by atoms with Gasteiger partial charge in [0, 0.05) is 24.3 Å². The Bertz CT molecular complexity index is 1170. The molecule has 7 aliphatic rings. The van der Waals surface area contributed by atoms with Crippen LogP contribution in [0.3, 0.4) is 0 Å². The van der Waals surface area contributed by atoms with Crippen LogP contribution in [-0.2, 0) is 28.5 Å². The van der Waals surface area contributed by atoms with E-state index in [9.17, 15) is 30.3 Å². The highest BCUT2D eigenvalue weighted by Crippen LogP contribution is 2.70. The van der Waals surface area contributed by atoms with E-state index in [2.05, 4.69) is 6.92 Å². The zero-order valence-electron chi connectivity index (χ0n) is 27.6. The highest BCUT2D eigenvalue weighted by Gasteiger charge is 2.70. The van der Waals surface area contributed by atoms with E-state index in [0.717, 1.165) is 44.1 Å². The Balaban J connectivity index is 0.976. The molecule has 0 bridgehead atoms. The van der Waals surface area contributed by atoms with Gasteiger partial charge in [-0.15, -0.1) is 0 Å². The zero-order valence-corrected chi connectivity index (χ0v) is 27.6. The molecule has 0 aromatic rings. The second kappa shape index (κ2) is 12.0. The van der Waals surface area contributed by atoms with E-state index in [1.165, 1.54) is 0 Å². The van der Waals surface area contributed by atoms with Gasteiger partial charge in [0.1, 0.15) is 18.8 Å². The van der Waals surface area contributed by atoms with E-state index in [0.29, 0.717) is 18.8 Å². The Morgan fingerprint density at radius 3 is 2.24 bits per heavy atom. The predicted molar refractivity (Wildman–Crippen MR) is 163 cm³/mol. The van der Waals surface area contributed by atoms with Crippen molar-refractivity contribution in [2.75, 3.05) is 6.61 Å². The quantitative estimate of drug-likeness (QED) is 0.219. The molecule has 17 atom stereocenters. The molecule has 4 saturated carbocycles. The normalized spacial score (nSPS) is 55.6. The lowest BCUT2D eigenvalue weighted by molar-refractivity contribution is -0.318. The number of hydrogen-bond donors (Lipinski definition) is 5. The largest absolute Gasteiger partial charge is 0.458 e. The van der Waals surface area contributed by atoms with Gasteiger partial charge < -0.3 is 49.2 Å². The molecule has 4 aliphatic carbocycles. The maximum Gasteiger partial charge on any atom is 0.331 e. The monoisotopic (exact) mass is 650 g/mol. The number of aliphatic hydroxyl groups excluding tert-OH is 4. The van der Waals surface area contributed by atoms with Crippen molar-refractivity contribution < 1.29 is 54.0 Å². The van der Waals surface area contributed by atoms with Crippen molar-refractivity contribution >= 4 is 5.97 Å². The fraction of sp³-hybridized carbons (Fsp3) is 0.914. The summed E-state index contributed by atoms with van der Waals surface area (Å²) in [7, 11) is 0. The molecule has 6 fully saturated rings. The fourth-order valence-corrected chi connectivity index (χ4v) is 11.3. The van der Waals surface area contributed by atoms with Gasteiger partial charge >= 0.3 is 5.97 Å². The Morgan fingerprint density at radius 2 is 1.54 bits per heavy atom. The van der Waals surface area contributed by atoms with Crippen LogP contribution in [0.4, 0.5) is 0 Å². The fourth-order valence-electron chi connectivity index (χ4n) is 11.3. The van der Waals surface area contributed by atoms with Crippen LogP contribution < -0.4 is 0 Å². The minimum atomic E-state index is -0.993. The first-order chi connectivity index (χ1) is 21.7.